The molecule has 0 aromatic heterocycles. The number of rotatable bonds is 9. The van der Waals surface area contributed by atoms with Crippen LogP contribution >= 0.6 is 0 Å². The van der Waals surface area contributed by atoms with E-state index in [1.807, 2.05) is 30.3 Å². The highest BCUT2D eigenvalue weighted by molar-refractivity contribution is 5.81. The van der Waals surface area contributed by atoms with Crippen molar-refractivity contribution in [2.45, 2.75) is 38.1 Å². The van der Waals surface area contributed by atoms with E-state index >= 15 is 0 Å². The molecule has 5 N–H and O–H groups in total. The zero-order chi connectivity index (χ0) is 19.8. The third-order valence-electron chi connectivity index (χ3n) is 4.22. The molecule has 0 radical (unpaired) electrons. The molecular weight excluding hydrogens is 352 g/mol. The molecule has 27 heavy (non-hydrogen) atoms. The van der Waals surface area contributed by atoms with E-state index in [9.17, 15) is 18.7 Å². The van der Waals surface area contributed by atoms with Crippen LogP contribution in [0, 0.1) is 11.6 Å². The van der Waals surface area contributed by atoms with Crippen LogP contribution in [0.15, 0.2) is 48.5 Å². The molecule has 0 aliphatic heterocycles. The normalized spacial score (nSPS) is 14.4. The Morgan fingerprint density at radius 1 is 1.11 bits per heavy atom. The fourth-order valence-corrected chi connectivity index (χ4v) is 2.62. The van der Waals surface area contributed by atoms with Gasteiger partial charge in [-0.25, -0.2) is 8.78 Å². The Morgan fingerprint density at radius 3 is 2.37 bits per heavy atom. The molecule has 0 saturated heterocycles. The fourth-order valence-electron chi connectivity index (χ4n) is 2.62. The lowest BCUT2D eigenvalue weighted by atomic mass is 10.0. The van der Waals surface area contributed by atoms with Gasteiger partial charge in [-0.3, -0.25) is 4.79 Å². The van der Waals surface area contributed by atoms with Crippen molar-refractivity contribution >= 4 is 5.91 Å². The van der Waals surface area contributed by atoms with E-state index in [1.165, 1.54) is 12.1 Å². The maximum Gasteiger partial charge on any atom is 0.237 e. The molecule has 2 rings (SSSR count). The first-order valence-electron chi connectivity index (χ1n) is 8.79. The molecule has 3 atom stereocenters. The first-order chi connectivity index (χ1) is 12.8. The lowest BCUT2D eigenvalue weighted by molar-refractivity contribution is -0.123. The predicted molar refractivity (Wildman–Crippen MR) is 99.8 cm³/mol. The van der Waals surface area contributed by atoms with E-state index in [2.05, 4.69) is 10.6 Å². The maximum absolute atomic E-state index is 13.2. The van der Waals surface area contributed by atoms with Gasteiger partial charge < -0.3 is 21.5 Å². The van der Waals surface area contributed by atoms with E-state index in [4.69, 9.17) is 5.73 Å². The topological polar surface area (TPSA) is 87.4 Å². The van der Waals surface area contributed by atoms with Crippen molar-refractivity contribution in [3.05, 3.63) is 71.3 Å². The SMILES string of the molecule is C[C@H](NC[C@@H](O)C(N)Cc1cc(F)cc(F)c1)C(=O)NCc1ccccc1. The minimum atomic E-state index is -0.972. The molecule has 0 heterocycles. The molecule has 2 aromatic carbocycles. The molecule has 7 heteroatoms. The van der Waals surface area contributed by atoms with Crippen molar-refractivity contribution < 1.29 is 18.7 Å². The molecule has 0 bridgehead atoms. The van der Waals surface area contributed by atoms with Crippen LogP contribution in [-0.4, -0.2) is 35.7 Å². The predicted octanol–water partition coefficient (Wildman–Crippen LogP) is 1.49. The summed E-state index contributed by atoms with van der Waals surface area (Å²) < 4.78 is 26.4. The second-order valence-electron chi connectivity index (χ2n) is 6.55. The molecule has 0 saturated carbocycles. The lowest BCUT2D eigenvalue weighted by Gasteiger charge is -2.22. The van der Waals surface area contributed by atoms with Crippen LogP contribution in [0.1, 0.15) is 18.1 Å². The average Bonchev–Trinajstić information content (AvgIpc) is 2.63. The number of nitrogens with one attached hydrogen (secondary N) is 2. The number of aliphatic hydroxyl groups is 1. The number of carbonyl (C=O) groups is 1. The van der Waals surface area contributed by atoms with Crippen LogP contribution < -0.4 is 16.4 Å². The summed E-state index contributed by atoms with van der Waals surface area (Å²) in [6.45, 7) is 2.18. The van der Waals surface area contributed by atoms with Gasteiger partial charge in [0.25, 0.3) is 0 Å². The summed E-state index contributed by atoms with van der Waals surface area (Å²) in [4.78, 5) is 12.1. The molecule has 1 unspecified atom stereocenters. The summed E-state index contributed by atoms with van der Waals surface area (Å²) in [6.07, 6.45) is -0.854. The molecule has 5 nitrogen and oxygen atoms in total. The Morgan fingerprint density at radius 2 is 1.74 bits per heavy atom. The van der Waals surface area contributed by atoms with E-state index in [0.717, 1.165) is 11.6 Å². The average molecular weight is 377 g/mol. The van der Waals surface area contributed by atoms with Crippen molar-refractivity contribution in [3.63, 3.8) is 0 Å². The van der Waals surface area contributed by atoms with Crippen LogP contribution in [0.5, 0.6) is 0 Å². The van der Waals surface area contributed by atoms with Crippen LogP contribution in [0.3, 0.4) is 0 Å². The number of hydrogen-bond acceptors (Lipinski definition) is 4. The first kappa shape index (κ1) is 21.0. The Labute approximate surface area is 157 Å². The molecule has 0 aliphatic carbocycles. The standard InChI is InChI=1S/C20H25F2N3O2/c1-13(20(27)25-11-14-5-3-2-4-6-14)24-12-19(26)18(23)9-15-7-16(21)10-17(22)8-15/h2-8,10,13,18-19,24,26H,9,11-12,23H2,1H3,(H,25,27)/t13-,18?,19+/m0/s1. The van der Waals surface area contributed by atoms with E-state index in [0.29, 0.717) is 12.1 Å². The van der Waals surface area contributed by atoms with Gasteiger partial charge in [-0.2, -0.15) is 0 Å². The maximum atomic E-state index is 13.2. The summed E-state index contributed by atoms with van der Waals surface area (Å²) in [6, 6.07) is 11.4. The van der Waals surface area contributed by atoms with Gasteiger partial charge in [-0.1, -0.05) is 30.3 Å². The second-order valence-corrected chi connectivity index (χ2v) is 6.55. The lowest BCUT2D eigenvalue weighted by Crippen LogP contribution is -2.49. The van der Waals surface area contributed by atoms with Crippen molar-refractivity contribution in [2.75, 3.05) is 6.54 Å². The van der Waals surface area contributed by atoms with E-state index < -0.39 is 29.8 Å². The fraction of sp³-hybridized carbons (Fsp3) is 0.350. The minimum absolute atomic E-state index is 0.0822. The number of benzene rings is 2. The third-order valence-corrected chi connectivity index (χ3v) is 4.22. The first-order valence-corrected chi connectivity index (χ1v) is 8.79. The number of halogens is 2. The molecule has 0 aliphatic rings. The Kier molecular flexibility index (Phi) is 7.84. The number of hydrogen-bond donors (Lipinski definition) is 4. The zero-order valence-corrected chi connectivity index (χ0v) is 15.2. The summed E-state index contributed by atoms with van der Waals surface area (Å²) in [5.41, 5.74) is 7.27. The third kappa shape index (κ3) is 7.05. The van der Waals surface area contributed by atoms with Gasteiger partial charge in [0.15, 0.2) is 0 Å². The summed E-state index contributed by atoms with van der Waals surface area (Å²) >= 11 is 0. The van der Waals surface area contributed by atoms with Crippen molar-refractivity contribution in [2.24, 2.45) is 5.73 Å². The highest BCUT2D eigenvalue weighted by atomic mass is 19.1. The van der Waals surface area contributed by atoms with Crippen molar-refractivity contribution in [1.82, 2.24) is 10.6 Å². The zero-order valence-electron chi connectivity index (χ0n) is 15.2. The minimum Gasteiger partial charge on any atom is -0.390 e. The number of aliphatic hydroxyl groups excluding tert-OH is 1. The molecule has 2 aromatic rings. The molecule has 1 amide bonds. The summed E-state index contributed by atoms with van der Waals surface area (Å²) in [7, 11) is 0. The Hall–Kier alpha value is -2.35. The Bertz CT molecular complexity index is 723. The smallest absolute Gasteiger partial charge is 0.237 e. The van der Waals surface area contributed by atoms with Crippen molar-refractivity contribution in [1.29, 1.82) is 0 Å². The van der Waals surface area contributed by atoms with Crippen LogP contribution in [0.4, 0.5) is 8.78 Å². The van der Waals surface area contributed by atoms with Gasteiger partial charge in [0.2, 0.25) is 5.91 Å². The number of carbonyl (C=O) groups excluding carboxylic acids is 1. The number of nitrogens with two attached hydrogens (primary N) is 1. The van der Waals surface area contributed by atoms with Crippen LogP contribution in [0.2, 0.25) is 0 Å². The second kappa shape index (κ2) is 10.1. The summed E-state index contributed by atoms with van der Waals surface area (Å²) in [5.74, 6) is -1.58. The quantitative estimate of drug-likeness (QED) is 0.533. The van der Waals surface area contributed by atoms with Gasteiger partial charge in [-0.15, -0.1) is 0 Å². The molecule has 0 spiro atoms. The van der Waals surface area contributed by atoms with Crippen LogP contribution in [-0.2, 0) is 17.8 Å². The van der Waals surface area contributed by atoms with Gasteiger partial charge in [0.05, 0.1) is 12.1 Å². The van der Waals surface area contributed by atoms with Gasteiger partial charge >= 0.3 is 0 Å². The van der Waals surface area contributed by atoms with Gasteiger partial charge in [-0.05, 0) is 36.6 Å². The Balaban J connectivity index is 1.75. The highest BCUT2D eigenvalue weighted by Crippen LogP contribution is 2.10. The van der Waals surface area contributed by atoms with Crippen LogP contribution in [0.25, 0.3) is 0 Å². The largest absolute Gasteiger partial charge is 0.390 e. The van der Waals surface area contributed by atoms with Gasteiger partial charge in [0.1, 0.15) is 11.6 Å². The highest BCUT2D eigenvalue weighted by Gasteiger charge is 2.19. The van der Waals surface area contributed by atoms with E-state index in [1.54, 1.807) is 6.92 Å². The summed E-state index contributed by atoms with van der Waals surface area (Å²) in [5, 5.41) is 15.9. The molecule has 146 valence electrons. The van der Waals surface area contributed by atoms with E-state index in [-0.39, 0.29) is 18.9 Å². The molecular formula is C20H25F2N3O2. The van der Waals surface area contributed by atoms with Crippen molar-refractivity contribution in [3.8, 4) is 0 Å². The molecule has 0 fully saturated rings. The number of amides is 1. The monoisotopic (exact) mass is 377 g/mol. The van der Waals surface area contributed by atoms with Gasteiger partial charge in [0, 0.05) is 25.2 Å².